The molecule has 3 rings (SSSR count). The molecule has 1 aliphatic heterocycles. The maximum absolute atomic E-state index is 6.00. The van der Waals surface area contributed by atoms with Crippen molar-refractivity contribution in [2.75, 3.05) is 12.3 Å². The van der Waals surface area contributed by atoms with Crippen LogP contribution in [0, 0.1) is 12.8 Å². The molecule has 2 unspecified atom stereocenters. The maximum atomic E-state index is 6.00. The predicted octanol–water partition coefficient (Wildman–Crippen LogP) is 1.75. The zero-order chi connectivity index (χ0) is 12.7. The molecule has 1 saturated heterocycles. The molecular formula is C13H18N4O. The molecule has 0 amide bonds. The second-order valence-corrected chi connectivity index (χ2v) is 5.06. The Balaban J connectivity index is 1.98. The van der Waals surface area contributed by atoms with E-state index >= 15 is 0 Å². The Morgan fingerprint density at radius 2 is 2.39 bits per heavy atom. The van der Waals surface area contributed by atoms with Crippen molar-refractivity contribution < 1.29 is 4.74 Å². The third kappa shape index (κ3) is 1.84. The highest BCUT2D eigenvalue weighted by Gasteiger charge is 2.26. The van der Waals surface area contributed by atoms with Crippen molar-refractivity contribution in [3.8, 4) is 0 Å². The summed E-state index contributed by atoms with van der Waals surface area (Å²) in [7, 11) is 0. The van der Waals surface area contributed by atoms with Gasteiger partial charge in [0.1, 0.15) is 5.52 Å². The molecule has 2 aromatic heterocycles. The molecule has 0 radical (unpaired) electrons. The van der Waals surface area contributed by atoms with E-state index in [0.717, 1.165) is 36.3 Å². The molecule has 0 bridgehead atoms. The first-order valence-electron chi connectivity index (χ1n) is 6.35. The van der Waals surface area contributed by atoms with Crippen LogP contribution in [-0.4, -0.2) is 27.2 Å². The van der Waals surface area contributed by atoms with Crippen LogP contribution >= 0.6 is 0 Å². The minimum absolute atomic E-state index is 0.285. The van der Waals surface area contributed by atoms with Crippen molar-refractivity contribution in [1.29, 1.82) is 0 Å². The summed E-state index contributed by atoms with van der Waals surface area (Å²) in [5, 5.41) is 0. The average molecular weight is 246 g/mol. The van der Waals surface area contributed by atoms with Gasteiger partial charge in [0, 0.05) is 25.3 Å². The van der Waals surface area contributed by atoms with Gasteiger partial charge in [-0.3, -0.25) is 4.57 Å². The Morgan fingerprint density at radius 3 is 3.11 bits per heavy atom. The number of nitrogen functional groups attached to an aromatic ring is 1. The molecule has 1 aliphatic rings. The lowest BCUT2D eigenvalue weighted by Gasteiger charge is -2.15. The summed E-state index contributed by atoms with van der Waals surface area (Å²) < 4.78 is 7.59. The number of pyridine rings is 1. The van der Waals surface area contributed by atoms with Gasteiger partial charge < -0.3 is 10.5 Å². The second kappa shape index (κ2) is 4.24. The quantitative estimate of drug-likeness (QED) is 0.876. The van der Waals surface area contributed by atoms with E-state index in [1.54, 1.807) is 0 Å². The first-order chi connectivity index (χ1) is 8.65. The number of imidazole rings is 1. The monoisotopic (exact) mass is 246 g/mol. The number of aryl methyl sites for hydroxylation is 1. The van der Waals surface area contributed by atoms with E-state index in [0.29, 0.717) is 11.9 Å². The molecule has 5 nitrogen and oxygen atoms in total. The zero-order valence-corrected chi connectivity index (χ0v) is 10.8. The van der Waals surface area contributed by atoms with E-state index in [9.17, 15) is 0 Å². The van der Waals surface area contributed by atoms with Crippen molar-refractivity contribution in [1.82, 2.24) is 14.5 Å². The second-order valence-electron chi connectivity index (χ2n) is 5.06. The summed E-state index contributed by atoms with van der Waals surface area (Å²) in [6.45, 7) is 5.80. The van der Waals surface area contributed by atoms with Gasteiger partial charge in [-0.05, 0) is 31.9 Å². The molecule has 0 saturated carbocycles. The van der Waals surface area contributed by atoms with Gasteiger partial charge in [0.25, 0.3) is 0 Å². The molecule has 0 spiro atoms. The molecule has 0 aromatic carbocycles. The zero-order valence-electron chi connectivity index (χ0n) is 10.8. The van der Waals surface area contributed by atoms with Gasteiger partial charge in [0.15, 0.2) is 5.65 Å². The highest BCUT2D eigenvalue weighted by atomic mass is 16.5. The van der Waals surface area contributed by atoms with Crippen LogP contribution < -0.4 is 5.73 Å². The van der Waals surface area contributed by atoms with Crippen molar-refractivity contribution in [2.45, 2.75) is 32.9 Å². The molecule has 0 aliphatic carbocycles. The van der Waals surface area contributed by atoms with Crippen LogP contribution in [-0.2, 0) is 11.3 Å². The summed E-state index contributed by atoms with van der Waals surface area (Å²) in [6.07, 6.45) is 3.22. The Labute approximate surface area is 106 Å². The molecule has 5 heteroatoms. The highest BCUT2D eigenvalue weighted by molar-refractivity contribution is 5.74. The Bertz CT molecular complexity index is 578. The van der Waals surface area contributed by atoms with Crippen molar-refractivity contribution in [3.05, 3.63) is 17.8 Å². The fourth-order valence-electron chi connectivity index (χ4n) is 2.56. The number of hydrogen-bond donors (Lipinski definition) is 1. The predicted molar refractivity (Wildman–Crippen MR) is 70.2 cm³/mol. The summed E-state index contributed by atoms with van der Waals surface area (Å²) >= 11 is 0. The lowest BCUT2D eigenvalue weighted by Crippen LogP contribution is -2.19. The van der Waals surface area contributed by atoms with Crippen LogP contribution in [0.4, 0.5) is 5.95 Å². The standard InChI is InChI=1S/C13H18N4O/c1-8-5-11-12(15-6-8)17(13(14)16-11)7-10-3-4-18-9(10)2/h5-6,9-10H,3-4,7H2,1-2H3,(H2,14,16). The van der Waals surface area contributed by atoms with Crippen LogP contribution in [0.5, 0.6) is 0 Å². The Kier molecular flexibility index (Phi) is 2.70. The third-order valence-electron chi connectivity index (χ3n) is 3.70. The van der Waals surface area contributed by atoms with Gasteiger partial charge in [0.05, 0.1) is 6.10 Å². The molecule has 2 atom stereocenters. The number of nitrogens with zero attached hydrogens (tertiary/aromatic N) is 3. The number of nitrogens with two attached hydrogens (primary N) is 1. The molecular weight excluding hydrogens is 228 g/mol. The fourth-order valence-corrected chi connectivity index (χ4v) is 2.56. The van der Waals surface area contributed by atoms with Gasteiger partial charge in [-0.15, -0.1) is 0 Å². The summed E-state index contributed by atoms with van der Waals surface area (Å²) in [6, 6.07) is 2.02. The number of anilines is 1. The smallest absolute Gasteiger partial charge is 0.202 e. The van der Waals surface area contributed by atoms with Crippen LogP contribution in [0.15, 0.2) is 12.3 Å². The molecule has 1 fully saturated rings. The van der Waals surface area contributed by atoms with Crippen molar-refractivity contribution in [2.24, 2.45) is 5.92 Å². The SMILES string of the molecule is Cc1cnc2c(c1)nc(N)n2CC1CCOC1C. The summed E-state index contributed by atoms with van der Waals surface area (Å²) in [5.74, 6) is 1.04. The topological polar surface area (TPSA) is 66.0 Å². The van der Waals surface area contributed by atoms with Crippen molar-refractivity contribution >= 4 is 17.1 Å². The van der Waals surface area contributed by atoms with E-state index in [1.807, 2.05) is 23.8 Å². The number of hydrogen-bond acceptors (Lipinski definition) is 4. The molecule has 2 aromatic rings. The van der Waals surface area contributed by atoms with Crippen LogP contribution in [0.1, 0.15) is 18.9 Å². The normalized spacial score (nSPS) is 23.9. The van der Waals surface area contributed by atoms with Gasteiger partial charge in [-0.1, -0.05) is 0 Å². The van der Waals surface area contributed by atoms with E-state index in [-0.39, 0.29) is 6.10 Å². The summed E-state index contributed by atoms with van der Waals surface area (Å²) in [4.78, 5) is 8.83. The van der Waals surface area contributed by atoms with E-state index in [4.69, 9.17) is 10.5 Å². The first kappa shape index (κ1) is 11.5. The lowest BCUT2D eigenvalue weighted by molar-refractivity contribution is 0.102. The fraction of sp³-hybridized carbons (Fsp3) is 0.538. The first-order valence-corrected chi connectivity index (χ1v) is 6.35. The van der Waals surface area contributed by atoms with E-state index in [1.165, 1.54) is 0 Å². The highest BCUT2D eigenvalue weighted by Crippen LogP contribution is 2.25. The number of ether oxygens (including phenoxy) is 1. The molecule has 3 heterocycles. The average Bonchev–Trinajstić information content (AvgIpc) is 2.85. The lowest BCUT2D eigenvalue weighted by atomic mass is 10.0. The third-order valence-corrected chi connectivity index (χ3v) is 3.70. The molecule has 18 heavy (non-hydrogen) atoms. The van der Waals surface area contributed by atoms with Crippen LogP contribution in [0.3, 0.4) is 0 Å². The largest absolute Gasteiger partial charge is 0.378 e. The van der Waals surface area contributed by atoms with Crippen LogP contribution in [0.25, 0.3) is 11.2 Å². The van der Waals surface area contributed by atoms with Crippen LogP contribution in [0.2, 0.25) is 0 Å². The van der Waals surface area contributed by atoms with E-state index in [2.05, 4.69) is 16.9 Å². The molecule has 96 valence electrons. The number of rotatable bonds is 2. The summed E-state index contributed by atoms with van der Waals surface area (Å²) in [5.41, 5.74) is 8.85. The van der Waals surface area contributed by atoms with Crippen molar-refractivity contribution in [3.63, 3.8) is 0 Å². The number of fused-ring (bicyclic) bond motifs is 1. The van der Waals surface area contributed by atoms with Gasteiger partial charge >= 0.3 is 0 Å². The van der Waals surface area contributed by atoms with Gasteiger partial charge in [-0.25, -0.2) is 9.97 Å². The maximum Gasteiger partial charge on any atom is 0.202 e. The Morgan fingerprint density at radius 1 is 1.56 bits per heavy atom. The minimum atomic E-state index is 0.285. The minimum Gasteiger partial charge on any atom is -0.378 e. The van der Waals surface area contributed by atoms with Gasteiger partial charge in [0.2, 0.25) is 5.95 Å². The molecule has 2 N–H and O–H groups in total. The number of aromatic nitrogens is 3. The Hall–Kier alpha value is -1.62. The van der Waals surface area contributed by atoms with Gasteiger partial charge in [-0.2, -0.15) is 0 Å². The van der Waals surface area contributed by atoms with E-state index < -0.39 is 0 Å².